The lowest BCUT2D eigenvalue weighted by Crippen LogP contribution is -1.96. The fourth-order valence-corrected chi connectivity index (χ4v) is 1.85. The number of nitrogens with zero attached hydrogens (tertiary/aromatic N) is 2. The zero-order chi connectivity index (χ0) is 16.1. The van der Waals surface area contributed by atoms with Crippen molar-refractivity contribution in [3.8, 4) is 17.6 Å². The normalized spacial score (nSPS) is 9.82. The molecule has 0 radical (unpaired) electrons. The zero-order valence-corrected chi connectivity index (χ0v) is 11.8. The van der Waals surface area contributed by atoms with Crippen molar-refractivity contribution >= 4 is 11.5 Å². The Morgan fingerprint density at radius 1 is 1.27 bits per heavy atom. The number of carbonyl (C=O) groups excluding carboxylic acids is 1. The van der Waals surface area contributed by atoms with E-state index < -0.39 is 4.92 Å². The van der Waals surface area contributed by atoms with E-state index in [0.29, 0.717) is 17.7 Å². The quantitative estimate of drug-likeness (QED) is 0.474. The summed E-state index contributed by atoms with van der Waals surface area (Å²) in [6, 6.07) is 12.2. The van der Waals surface area contributed by atoms with Crippen LogP contribution in [0.3, 0.4) is 0 Å². The molecular weight excluding hydrogens is 284 g/mol. The standard InChI is InChI=1S/C16H12N2O4/c1-2-15(19)11-3-6-14(7-4-11)22-16-8-5-13(18(20)21)9-12(16)10-17/h3-9H,2H2,1H3. The summed E-state index contributed by atoms with van der Waals surface area (Å²) >= 11 is 0. The maximum absolute atomic E-state index is 11.5. The summed E-state index contributed by atoms with van der Waals surface area (Å²) in [4.78, 5) is 21.7. The highest BCUT2D eigenvalue weighted by Gasteiger charge is 2.12. The van der Waals surface area contributed by atoms with Gasteiger partial charge in [-0.3, -0.25) is 14.9 Å². The van der Waals surface area contributed by atoms with E-state index in [1.165, 1.54) is 12.1 Å². The number of hydrogen-bond donors (Lipinski definition) is 0. The molecule has 2 aromatic rings. The highest BCUT2D eigenvalue weighted by Crippen LogP contribution is 2.28. The SMILES string of the molecule is CCC(=O)c1ccc(Oc2ccc([N+](=O)[O-])cc2C#N)cc1. The average Bonchev–Trinajstić information content (AvgIpc) is 2.55. The van der Waals surface area contributed by atoms with Gasteiger partial charge in [0.1, 0.15) is 23.1 Å². The topological polar surface area (TPSA) is 93.2 Å². The maximum Gasteiger partial charge on any atom is 0.271 e. The Labute approximate surface area is 126 Å². The Bertz CT molecular complexity index is 761. The highest BCUT2D eigenvalue weighted by molar-refractivity contribution is 5.95. The van der Waals surface area contributed by atoms with E-state index in [-0.39, 0.29) is 22.8 Å². The first-order chi connectivity index (χ1) is 10.5. The number of nitro groups is 1. The monoisotopic (exact) mass is 296 g/mol. The van der Waals surface area contributed by atoms with Crippen molar-refractivity contribution in [2.45, 2.75) is 13.3 Å². The van der Waals surface area contributed by atoms with Gasteiger partial charge in [0.2, 0.25) is 0 Å². The highest BCUT2D eigenvalue weighted by atomic mass is 16.6. The third-order valence-corrected chi connectivity index (χ3v) is 3.02. The minimum absolute atomic E-state index is 0.0274. The predicted molar refractivity (Wildman–Crippen MR) is 78.9 cm³/mol. The number of rotatable bonds is 5. The molecule has 0 N–H and O–H groups in total. The zero-order valence-electron chi connectivity index (χ0n) is 11.8. The number of ether oxygens (including phenoxy) is 1. The number of carbonyl (C=O) groups is 1. The smallest absolute Gasteiger partial charge is 0.271 e. The third kappa shape index (κ3) is 3.27. The van der Waals surface area contributed by atoms with Gasteiger partial charge in [-0.25, -0.2) is 0 Å². The molecule has 110 valence electrons. The van der Waals surface area contributed by atoms with Crippen LogP contribution in [0.25, 0.3) is 0 Å². The summed E-state index contributed by atoms with van der Waals surface area (Å²) in [7, 11) is 0. The van der Waals surface area contributed by atoms with Crippen molar-refractivity contribution in [2.75, 3.05) is 0 Å². The fraction of sp³-hybridized carbons (Fsp3) is 0.125. The average molecular weight is 296 g/mol. The van der Waals surface area contributed by atoms with E-state index in [1.807, 2.05) is 6.07 Å². The van der Waals surface area contributed by atoms with Crippen LogP contribution in [0.1, 0.15) is 29.3 Å². The van der Waals surface area contributed by atoms with Gasteiger partial charge in [-0.1, -0.05) is 6.92 Å². The number of nitriles is 1. The van der Waals surface area contributed by atoms with Gasteiger partial charge in [-0.2, -0.15) is 5.26 Å². The van der Waals surface area contributed by atoms with Gasteiger partial charge in [-0.15, -0.1) is 0 Å². The van der Waals surface area contributed by atoms with E-state index in [9.17, 15) is 14.9 Å². The summed E-state index contributed by atoms with van der Waals surface area (Å²) in [5.41, 5.74) is 0.481. The molecule has 0 unspecified atom stereocenters. The molecule has 0 aliphatic heterocycles. The Balaban J connectivity index is 2.25. The summed E-state index contributed by atoms with van der Waals surface area (Å²) in [6.45, 7) is 1.78. The van der Waals surface area contributed by atoms with Gasteiger partial charge in [-0.05, 0) is 30.3 Å². The lowest BCUT2D eigenvalue weighted by atomic mass is 10.1. The van der Waals surface area contributed by atoms with Crippen LogP contribution in [-0.2, 0) is 0 Å². The fourth-order valence-electron chi connectivity index (χ4n) is 1.85. The van der Waals surface area contributed by atoms with Gasteiger partial charge >= 0.3 is 0 Å². The molecular formula is C16H12N2O4. The van der Waals surface area contributed by atoms with Gasteiger partial charge in [0.25, 0.3) is 5.69 Å². The molecule has 2 rings (SSSR count). The van der Waals surface area contributed by atoms with Crippen molar-refractivity contribution in [2.24, 2.45) is 0 Å². The van der Waals surface area contributed by atoms with Crippen LogP contribution >= 0.6 is 0 Å². The molecule has 0 atom stereocenters. The molecule has 0 aromatic heterocycles. The van der Waals surface area contributed by atoms with E-state index in [4.69, 9.17) is 10.00 Å². The molecule has 0 bridgehead atoms. The van der Waals surface area contributed by atoms with E-state index >= 15 is 0 Å². The molecule has 22 heavy (non-hydrogen) atoms. The first kappa shape index (κ1) is 15.2. The van der Waals surface area contributed by atoms with Gasteiger partial charge in [0.15, 0.2) is 5.78 Å². The number of ketones is 1. The lowest BCUT2D eigenvalue weighted by molar-refractivity contribution is -0.384. The number of nitro benzene ring substituents is 1. The van der Waals surface area contributed by atoms with Crippen molar-refractivity contribution in [1.82, 2.24) is 0 Å². The third-order valence-electron chi connectivity index (χ3n) is 3.02. The number of hydrogen-bond acceptors (Lipinski definition) is 5. The Morgan fingerprint density at radius 3 is 2.50 bits per heavy atom. The molecule has 0 heterocycles. The second-order valence-electron chi connectivity index (χ2n) is 4.45. The number of Topliss-reactive ketones (excluding diaryl/α,β-unsaturated/α-hetero) is 1. The van der Waals surface area contributed by atoms with E-state index in [2.05, 4.69) is 0 Å². The molecule has 0 aliphatic carbocycles. The van der Waals surface area contributed by atoms with Crippen LogP contribution in [0.15, 0.2) is 42.5 Å². The van der Waals surface area contributed by atoms with Gasteiger partial charge < -0.3 is 4.74 Å². The maximum atomic E-state index is 11.5. The molecule has 0 spiro atoms. The largest absolute Gasteiger partial charge is 0.456 e. The molecule has 6 heteroatoms. The van der Waals surface area contributed by atoms with Crippen molar-refractivity contribution in [3.05, 3.63) is 63.7 Å². The summed E-state index contributed by atoms with van der Waals surface area (Å²) in [6.07, 6.45) is 0.418. The Hall–Kier alpha value is -3.20. The van der Waals surface area contributed by atoms with Gasteiger partial charge in [0.05, 0.1) is 4.92 Å². The molecule has 0 saturated heterocycles. The molecule has 0 fully saturated rings. The Morgan fingerprint density at radius 2 is 1.95 bits per heavy atom. The Kier molecular flexibility index (Phi) is 4.49. The minimum Gasteiger partial charge on any atom is -0.456 e. The van der Waals surface area contributed by atoms with Crippen LogP contribution in [0.4, 0.5) is 5.69 Å². The summed E-state index contributed by atoms with van der Waals surface area (Å²) in [5, 5.41) is 19.7. The minimum atomic E-state index is -0.574. The van der Waals surface area contributed by atoms with Crippen LogP contribution in [0.2, 0.25) is 0 Å². The molecule has 0 saturated carbocycles. The first-order valence-electron chi connectivity index (χ1n) is 6.54. The van der Waals surface area contributed by atoms with E-state index in [1.54, 1.807) is 31.2 Å². The summed E-state index contributed by atoms with van der Waals surface area (Å²) in [5.74, 6) is 0.695. The van der Waals surface area contributed by atoms with E-state index in [0.717, 1.165) is 6.07 Å². The molecule has 0 amide bonds. The van der Waals surface area contributed by atoms with Crippen molar-refractivity contribution < 1.29 is 14.5 Å². The first-order valence-corrected chi connectivity index (χ1v) is 6.54. The van der Waals surface area contributed by atoms with Crippen LogP contribution in [0.5, 0.6) is 11.5 Å². The molecule has 6 nitrogen and oxygen atoms in total. The van der Waals surface area contributed by atoms with Crippen LogP contribution < -0.4 is 4.74 Å². The second kappa shape index (κ2) is 6.50. The van der Waals surface area contributed by atoms with Gasteiger partial charge in [0, 0.05) is 24.1 Å². The van der Waals surface area contributed by atoms with Crippen molar-refractivity contribution in [1.29, 1.82) is 5.26 Å². The lowest BCUT2D eigenvalue weighted by Gasteiger charge is -2.07. The second-order valence-corrected chi connectivity index (χ2v) is 4.45. The molecule has 2 aromatic carbocycles. The summed E-state index contributed by atoms with van der Waals surface area (Å²) < 4.78 is 5.55. The van der Waals surface area contributed by atoms with Crippen LogP contribution in [-0.4, -0.2) is 10.7 Å². The predicted octanol–water partition coefficient (Wildman–Crippen LogP) is 3.85. The number of benzene rings is 2. The van der Waals surface area contributed by atoms with Crippen molar-refractivity contribution in [3.63, 3.8) is 0 Å². The molecule has 0 aliphatic rings. The van der Waals surface area contributed by atoms with Crippen LogP contribution in [0, 0.1) is 21.4 Å². The number of non-ortho nitro benzene ring substituents is 1.